The number of unbranched alkanes of at least 4 members (excludes halogenated alkanes) is 1. The van der Waals surface area contributed by atoms with Crippen molar-refractivity contribution in [3.63, 3.8) is 0 Å². The molecule has 0 aromatic rings. The molecule has 0 heterocycles. The molecule has 1 saturated carbocycles. The summed E-state index contributed by atoms with van der Waals surface area (Å²) < 4.78 is 10.2. The second kappa shape index (κ2) is 9.30. The summed E-state index contributed by atoms with van der Waals surface area (Å²) in [5.74, 6) is 0.307. The lowest BCUT2D eigenvalue weighted by atomic mass is 10.1. The second-order valence-corrected chi connectivity index (χ2v) is 4.87. The predicted octanol–water partition coefficient (Wildman–Crippen LogP) is 0.673. The van der Waals surface area contributed by atoms with Crippen molar-refractivity contribution in [1.29, 1.82) is 0 Å². The number of methoxy groups -OCH3 is 1. The van der Waals surface area contributed by atoms with Crippen molar-refractivity contribution in [3.8, 4) is 0 Å². The third-order valence-corrected chi connectivity index (χ3v) is 3.29. The molecule has 5 nitrogen and oxygen atoms in total. The Labute approximate surface area is 109 Å². The largest absolute Gasteiger partial charge is 0.382 e. The molecule has 0 bridgehead atoms. The third kappa shape index (κ3) is 6.33. The van der Waals surface area contributed by atoms with Crippen LogP contribution in [0, 0.1) is 5.92 Å². The molecule has 1 aliphatic rings. The summed E-state index contributed by atoms with van der Waals surface area (Å²) in [7, 11) is 1.66. The molecule has 0 radical (unpaired) electrons. The Bertz CT molecular complexity index is 236. The Morgan fingerprint density at radius 2 is 2.11 bits per heavy atom. The highest BCUT2D eigenvalue weighted by Gasteiger charge is 2.27. The van der Waals surface area contributed by atoms with Crippen molar-refractivity contribution in [2.24, 2.45) is 11.7 Å². The lowest BCUT2D eigenvalue weighted by Crippen LogP contribution is -2.31. The van der Waals surface area contributed by atoms with Crippen LogP contribution in [0.2, 0.25) is 0 Å². The SMILES string of the molecule is COCCOCCCCNC(=O)C1CCC(N)C1. The van der Waals surface area contributed by atoms with Crippen molar-refractivity contribution < 1.29 is 14.3 Å². The molecule has 2 unspecified atom stereocenters. The van der Waals surface area contributed by atoms with Crippen molar-refractivity contribution in [3.05, 3.63) is 0 Å². The first-order chi connectivity index (χ1) is 8.74. The molecule has 1 rings (SSSR count). The van der Waals surface area contributed by atoms with Gasteiger partial charge in [-0.3, -0.25) is 4.79 Å². The molecule has 0 spiro atoms. The number of amides is 1. The van der Waals surface area contributed by atoms with Crippen molar-refractivity contribution in [2.75, 3.05) is 33.5 Å². The Hall–Kier alpha value is -0.650. The van der Waals surface area contributed by atoms with E-state index in [0.717, 1.165) is 45.3 Å². The molecule has 3 N–H and O–H groups in total. The number of carbonyl (C=O) groups excluding carboxylic acids is 1. The van der Waals surface area contributed by atoms with Gasteiger partial charge < -0.3 is 20.5 Å². The molecule has 1 aliphatic carbocycles. The number of nitrogens with two attached hydrogens (primary N) is 1. The smallest absolute Gasteiger partial charge is 0.223 e. The zero-order chi connectivity index (χ0) is 13.2. The standard InChI is InChI=1S/C13H26N2O3/c1-17-8-9-18-7-3-2-6-15-13(16)11-4-5-12(14)10-11/h11-12H,2-10,14H2,1H3,(H,15,16). The molecular formula is C13H26N2O3. The molecule has 106 valence electrons. The Morgan fingerprint density at radius 3 is 2.78 bits per heavy atom. The van der Waals surface area contributed by atoms with E-state index in [4.69, 9.17) is 15.2 Å². The molecule has 0 aliphatic heterocycles. The first-order valence-electron chi connectivity index (χ1n) is 6.84. The van der Waals surface area contributed by atoms with E-state index in [-0.39, 0.29) is 17.9 Å². The summed E-state index contributed by atoms with van der Waals surface area (Å²) in [6.07, 6.45) is 4.68. The Morgan fingerprint density at radius 1 is 1.28 bits per heavy atom. The van der Waals surface area contributed by atoms with E-state index < -0.39 is 0 Å². The summed E-state index contributed by atoms with van der Waals surface area (Å²) >= 11 is 0. The number of carbonyl (C=O) groups is 1. The van der Waals surface area contributed by atoms with Gasteiger partial charge in [-0.05, 0) is 32.1 Å². The predicted molar refractivity (Wildman–Crippen MR) is 70.3 cm³/mol. The van der Waals surface area contributed by atoms with Gasteiger partial charge in [0.25, 0.3) is 0 Å². The maximum Gasteiger partial charge on any atom is 0.223 e. The van der Waals surface area contributed by atoms with E-state index in [0.29, 0.717) is 13.2 Å². The maximum absolute atomic E-state index is 11.8. The van der Waals surface area contributed by atoms with Crippen LogP contribution in [0.1, 0.15) is 32.1 Å². The minimum absolute atomic E-state index is 0.137. The molecule has 5 heteroatoms. The highest BCUT2D eigenvalue weighted by Crippen LogP contribution is 2.23. The molecule has 1 amide bonds. The summed E-state index contributed by atoms with van der Waals surface area (Å²) in [6.45, 7) is 2.74. The van der Waals surface area contributed by atoms with Crippen LogP contribution in [0.25, 0.3) is 0 Å². The molecule has 0 aromatic heterocycles. The Balaban J connectivity index is 1.90. The highest BCUT2D eigenvalue weighted by atomic mass is 16.5. The van der Waals surface area contributed by atoms with E-state index in [9.17, 15) is 4.79 Å². The third-order valence-electron chi connectivity index (χ3n) is 3.29. The fraction of sp³-hybridized carbons (Fsp3) is 0.923. The van der Waals surface area contributed by atoms with Gasteiger partial charge in [-0.1, -0.05) is 0 Å². The van der Waals surface area contributed by atoms with E-state index >= 15 is 0 Å². The molecule has 1 fully saturated rings. The average Bonchev–Trinajstić information content (AvgIpc) is 2.79. The normalized spacial score (nSPS) is 23.2. The quantitative estimate of drug-likeness (QED) is 0.596. The Kier molecular flexibility index (Phi) is 7.96. The van der Waals surface area contributed by atoms with Gasteiger partial charge in [0.2, 0.25) is 5.91 Å². The van der Waals surface area contributed by atoms with Crippen molar-refractivity contribution in [2.45, 2.75) is 38.1 Å². The van der Waals surface area contributed by atoms with Crippen LogP contribution in [0.3, 0.4) is 0 Å². The van der Waals surface area contributed by atoms with Gasteiger partial charge in [0.05, 0.1) is 13.2 Å². The van der Waals surface area contributed by atoms with E-state index in [1.54, 1.807) is 7.11 Å². The maximum atomic E-state index is 11.8. The number of nitrogens with one attached hydrogen (secondary N) is 1. The molecule has 0 aromatic carbocycles. The lowest BCUT2D eigenvalue weighted by Gasteiger charge is -2.10. The first kappa shape index (κ1) is 15.4. The fourth-order valence-electron chi connectivity index (χ4n) is 2.18. The number of ether oxygens (including phenoxy) is 2. The lowest BCUT2D eigenvalue weighted by molar-refractivity contribution is -0.124. The van der Waals surface area contributed by atoms with E-state index in [2.05, 4.69) is 5.32 Å². The van der Waals surface area contributed by atoms with Crippen molar-refractivity contribution >= 4 is 5.91 Å². The topological polar surface area (TPSA) is 73.6 Å². The zero-order valence-corrected chi connectivity index (χ0v) is 11.3. The van der Waals surface area contributed by atoms with Crippen LogP contribution in [0.15, 0.2) is 0 Å². The van der Waals surface area contributed by atoms with E-state index in [1.165, 1.54) is 0 Å². The summed E-state index contributed by atoms with van der Waals surface area (Å²) in [5, 5.41) is 2.97. The molecular weight excluding hydrogens is 232 g/mol. The molecule has 0 saturated heterocycles. The molecule has 2 atom stereocenters. The number of rotatable bonds is 9. The van der Waals surface area contributed by atoms with Crippen molar-refractivity contribution in [1.82, 2.24) is 5.32 Å². The monoisotopic (exact) mass is 258 g/mol. The fourth-order valence-corrected chi connectivity index (χ4v) is 2.18. The van der Waals surface area contributed by atoms with Crippen LogP contribution in [-0.2, 0) is 14.3 Å². The van der Waals surface area contributed by atoms with Gasteiger partial charge in [-0.2, -0.15) is 0 Å². The van der Waals surface area contributed by atoms with Gasteiger partial charge in [0.1, 0.15) is 0 Å². The minimum Gasteiger partial charge on any atom is -0.382 e. The summed E-state index contributed by atoms with van der Waals surface area (Å²) in [6, 6.07) is 0.218. The summed E-state index contributed by atoms with van der Waals surface area (Å²) in [5.41, 5.74) is 5.79. The van der Waals surface area contributed by atoms with Gasteiger partial charge in [-0.25, -0.2) is 0 Å². The number of hydrogen-bond donors (Lipinski definition) is 2. The minimum atomic E-state index is 0.137. The highest BCUT2D eigenvalue weighted by molar-refractivity contribution is 5.78. The van der Waals surface area contributed by atoms with Gasteiger partial charge >= 0.3 is 0 Å². The van der Waals surface area contributed by atoms with Gasteiger partial charge in [0.15, 0.2) is 0 Å². The van der Waals surface area contributed by atoms with Crippen LogP contribution in [0.5, 0.6) is 0 Å². The van der Waals surface area contributed by atoms with Crippen LogP contribution in [-0.4, -0.2) is 45.4 Å². The summed E-state index contributed by atoms with van der Waals surface area (Å²) in [4.78, 5) is 11.8. The van der Waals surface area contributed by atoms with Crippen LogP contribution in [0.4, 0.5) is 0 Å². The van der Waals surface area contributed by atoms with Crippen LogP contribution >= 0.6 is 0 Å². The molecule has 18 heavy (non-hydrogen) atoms. The second-order valence-electron chi connectivity index (χ2n) is 4.87. The van der Waals surface area contributed by atoms with Gasteiger partial charge in [-0.15, -0.1) is 0 Å². The first-order valence-corrected chi connectivity index (χ1v) is 6.84. The number of hydrogen-bond acceptors (Lipinski definition) is 4. The average molecular weight is 258 g/mol. The van der Waals surface area contributed by atoms with Crippen LogP contribution < -0.4 is 11.1 Å². The zero-order valence-electron chi connectivity index (χ0n) is 11.3. The van der Waals surface area contributed by atoms with E-state index in [1.807, 2.05) is 0 Å². The van der Waals surface area contributed by atoms with Gasteiger partial charge in [0, 0.05) is 32.2 Å².